The van der Waals surface area contributed by atoms with Crippen molar-refractivity contribution in [3.63, 3.8) is 0 Å². The number of amides is 4. The average Bonchev–Trinajstić information content (AvgIpc) is 3.18. The minimum Gasteiger partial charge on any atom is -0.459 e. The summed E-state index contributed by atoms with van der Waals surface area (Å²) >= 11 is 0. The molecule has 1 aliphatic rings. The van der Waals surface area contributed by atoms with E-state index >= 15 is 0 Å². The highest BCUT2D eigenvalue weighted by molar-refractivity contribution is 7.86. The molecule has 1 heterocycles. The fourth-order valence-electron chi connectivity index (χ4n) is 7.06. The minimum absolute atomic E-state index is 0.0687. The molecule has 0 aromatic heterocycles. The zero-order chi connectivity index (χ0) is 54.0. The summed E-state index contributed by atoms with van der Waals surface area (Å²) in [4.78, 5) is 99.3. The largest absolute Gasteiger partial charge is 0.459 e. The van der Waals surface area contributed by atoms with Crippen LogP contribution in [0.3, 0.4) is 0 Å². The Kier molecular flexibility index (Phi) is 24.2. The lowest BCUT2D eigenvalue weighted by molar-refractivity contribution is -0.158. The molecule has 1 aromatic rings. The normalized spacial score (nSPS) is 16.9. The summed E-state index contributed by atoms with van der Waals surface area (Å²) in [5, 5.41) is 6.74. The Labute approximate surface area is 416 Å². The van der Waals surface area contributed by atoms with Gasteiger partial charge in [-0.3, -0.25) is 57.5 Å². The lowest BCUT2D eigenvalue weighted by atomic mass is 9.97. The number of nitrogens with one attached hydrogen (secondary N) is 3. The molecule has 1 aromatic carbocycles. The summed E-state index contributed by atoms with van der Waals surface area (Å²) in [5.41, 5.74) is 4.06. The number of primary amides is 1. The van der Waals surface area contributed by atoms with Crippen LogP contribution in [0.4, 0.5) is 4.79 Å². The van der Waals surface area contributed by atoms with Gasteiger partial charge in [-0.05, 0) is 67.9 Å². The number of nitrogens with two attached hydrogens (primary N) is 1. The molecule has 0 bridgehead atoms. The van der Waals surface area contributed by atoms with E-state index in [1.165, 1.54) is 4.90 Å². The van der Waals surface area contributed by atoms with Gasteiger partial charge in [-0.15, -0.1) is 0 Å². The van der Waals surface area contributed by atoms with Crippen LogP contribution < -0.4 is 21.7 Å². The second kappa shape index (κ2) is 27.7. The lowest BCUT2D eigenvalue weighted by Gasteiger charge is -2.38. The standard InChI is InChI=1S/C44H74N8O17S2/c1-42(2,3)67-34(53)25-49-17-19-50(26-35(54)68-43(4,5)6)21-23-52(24-22-51(20-18-49)27-36(55)69-44(7,8)9)37(38(45)56)32(29-70(60,61)62)39(57)48-33(30-71(63,64)65)40(58)46-15-16-47-41(59)66-28-31-13-11-10-12-14-31/h10-14,32-33,37H,15-30H2,1-9H3,(H2,45,56)(H,46,58)(H,47,59)(H,48,57)(H,60,61,62)(H,63,64,65)/t32-,33+,37?/m1/s1. The van der Waals surface area contributed by atoms with Gasteiger partial charge in [0, 0.05) is 65.4 Å². The Bertz CT molecular complexity index is 2130. The number of rotatable bonds is 21. The van der Waals surface area contributed by atoms with Crippen LogP contribution in [0.2, 0.25) is 0 Å². The Morgan fingerprint density at radius 1 is 0.606 bits per heavy atom. The predicted molar refractivity (Wildman–Crippen MR) is 257 cm³/mol. The average molecular weight is 1050 g/mol. The van der Waals surface area contributed by atoms with Crippen LogP contribution in [0.1, 0.15) is 67.9 Å². The van der Waals surface area contributed by atoms with Crippen LogP contribution >= 0.6 is 0 Å². The van der Waals surface area contributed by atoms with Crippen molar-refractivity contribution in [2.75, 3.05) is 96.6 Å². The highest BCUT2D eigenvalue weighted by Gasteiger charge is 2.42. The van der Waals surface area contributed by atoms with Crippen LogP contribution in [0.25, 0.3) is 0 Å². The van der Waals surface area contributed by atoms with E-state index in [1.54, 1.807) is 107 Å². The van der Waals surface area contributed by atoms with Gasteiger partial charge in [0.15, 0.2) is 0 Å². The van der Waals surface area contributed by atoms with Gasteiger partial charge in [0.1, 0.15) is 41.2 Å². The lowest BCUT2D eigenvalue weighted by Crippen LogP contribution is -2.61. The maximum Gasteiger partial charge on any atom is 0.407 e. The Balaban J connectivity index is 2.56. The smallest absolute Gasteiger partial charge is 0.407 e. The molecule has 0 spiro atoms. The van der Waals surface area contributed by atoms with Crippen LogP contribution in [-0.4, -0.2) is 213 Å². The molecular formula is C44H74N8O17S2. The van der Waals surface area contributed by atoms with E-state index in [4.69, 9.17) is 24.7 Å². The summed E-state index contributed by atoms with van der Waals surface area (Å²) in [6.07, 6.45) is -0.862. The fraction of sp³-hybridized carbons (Fsp3) is 0.705. The quantitative estimate of drug-likeness (QED) is 0.0372. The maximum atomic E-state index is 14.3. The first-order valence-electron chi connectivity index (χ1n) is 22.9. The molecule has 1 fully saturated rings. The highest BCUT2D eigenvalue weighted by atomic mass is 32.2. The van der Waals surface area contributed by atoms with Crippen LogP contribution in [-0.2, 0) is 74.6 Å². The molecule has 2 rings (SSSR count). The van der Waals surface area contributed by atoms with E-state index in [2.05, 4.69) is 16.0 Å². The Morgan fingerprint density at radius 2 is 1.00 bits per heavy atom. The molecule has 4 amide bonds. The molecule has 1 aliphatic heterocycles. The zero-order valence-corrected chi connectivity index (χ0v) is 43.8. The molecule has 0 radical (unpaired) electrons. The Morgan fingerprint density at radius 3 is 1.38 bits per heavy atom. The third kappa shape index (κ3) is 28.0. The summed E-state index contributed by atoms with van der Waals surface area (Å²) < 4.78 is 91.2. The van der Waals surface area contributed by atoms with Crippen molar-refractivity contribution in [2.24, 2.45) is 11.7 Å². The summed E-state index contributed by atoms with van der Waals surface area (Å²) in [7, 11) is -10.2. The molecule has 404 valence electrons. The molecule has 25 nitrogen and oxygen atoms in total. The van der Waals surface area contributed by atoms with Gasteiger partial charge in [0.2, 0.25) is 17.7 Å². The van der Waals surface area contributed by atoms with Crippen LogP contribution in [0, 0.1) is 5.92 Å². The number of benzene rings is 1. The number of carbonyl (C=O) groups excluding carboxylic acids is 7. The van der Waals surface area contributed by atoms with E-state index < -0.39 is 108 Å². The van der Waals surface area contributed by atoms with E-state index in [0.29, 0.717) is 5.56 Å². The number of hydrogen-bond acceptors (Lipinski definition) is 19. The summed E-state index contributed by atoms with van der Waals surface area (Å²) in [6, 6.07) is 4.62. The molecule has 71 heavy (non-hydrogen) atoms. The SMILES string of the molecule is CC(C)(C)OC(=O)CN1CCN(CC(=O)OC(C)(C)C)CCN(C(C(N)=O)[C@@H](CS(=O)(=O)O)C(=O)N[C@@H](CS(=O)(=O)O)C(=O)NCCNC(=O)OCc2ccccc2)CCN(CC(=O)OC(C)(C)C)CC1. The van der Waals surface area contributed by atoms with E-state index in [1.807, 2.05) is 0 Å². The van der Waals surface area contributed by atoms with Crippen molar-refractivity contribution in [3.05, 3.63) is 35.9 Å². The van der Waals surface area contributed by atoms with Crippen LogP contribution in [0.5, 0.6) is 0 Å². The summed E-state index contributed by atoms with van der Waals surface area (Å²) in [5.74, 6) is -10.9. The van der Waals surface area contributed by atoms with Gasteiger partial charge in [-0.25, -0.2) is 4.79 Å². The third-order valence-corrected chi connectivity index (χ3v) is 11.4. The highest BCUT2D eigenvalue weighted by Crippen LogP contribution is 2.18. The van der Waals surface area contributed by atoms with Crippen molar-refractivity contribution in [1.29, 1.82) is 0 Å². The van der Waals surface area contributed by atoms with Gasteiger partial charge >= 0.3 is 24.0 Å². The first-order chi connectivity index (χ1) is 32.6. The van der Waals surface area contributed by atoms with Gasteiger partial charge in [-0.1, -0.05) is 30.3 Å². The van der Waals surface area contributed by atoms with Crippen molar-refractivity contribution < 1.29 is 78.5 Å². The fourth-order valence-corrected chi connectivity index (χ4v) is 8.51. The first-order valence-corrected chi connectivity index (χ1v) is 26.1. The third-order valence-electron chi connectivity index (χ3n) is 9.90. The monoisotopic (exact) mass is 1050 g/mol. The number of nitrogens with zero attached hydrogens (tertiary/aromatic N) is 4. The van der Waals surface area contributed by atoms with E-state index in [9.17, 15) is 59.5 Å². The number of carbonyl (C=O) groups is 7. The van der Waals surface area contributed by atoms with Gasteiger partial charge in [-0.2, -0.15) is 16.8 Å². The van der Waals surface area contributed by atoms with Crippen molar-refractivity contribution in [3.8, 4) is 0 Å². The molecule has 7 N–H and O–H groups in total. The molecule has 27 heteroatoms. The molecular weight excluding hydrogens is 977 g/mol. The van der Waals surface area contributed by atoms with Crippen LogP contribution in [0.15, 0.2) is 30.3 Å². The second-order valence-corrected chi connectivity index (χ2v) is 22.9. The molecule has 1 saturated heterocycles. The molecule has 0 aliphatic carbocycles. The minimum atomic E-state index is -5.18. The number of hydrogen-bond donors (Lipinski definition) is 6. The number of alkyl carbamates (subject to hydrolysis) is 1. The van der Waals surface area contributed by atoms with E-state index in [0.717, 1.165) is 0 Å². The summed E-state index contributed by atoms with van der Waals surface area (Å²) in [6.45, 7) is 13.4. The molecule has 3 atom stereocenters. The van der Waals surface area contributed by atoms with Gasteiger partial charge < -0.3 is 40.6 Å². The first kappa shape index (κ1) is 62.1. The maximum absolute atomic E-state index is 14.3. The number of esters is 3. The predicted octanol–water partition coefficient (Wildman–Crippen LogP) is -0.994. The van der Waals surface area contributed by atoms with E-state index in [-0.39, 0.29) is 91.7 Å². The zero-order valence-electron chi connectivity index (χ0n) is 42.1. The topological polar surface area (TPSA) is 340 Å². The van der Waals surface area contributed by atoms with Crippen molar-refractivity contribution in [1.82, 2.24) is 35.6 Å². The number of ether oxygens (including phenoxy) is 4. The van der Waals surface area contributed by atoms with Gasteiger partial charge in [0.05, 0.1) is 31.3 Å². The second-order valence-electron chi connectivity index (χ2n) is 19.9. The van der Waals surface area contributed by atoms with Gasteiger partial charge in [0.25, 0.3) is 20.2 Å². The Hall–Kier alpha value is -5.03. The van der Waals surface area contributed by atoms with Crippen molar-refractivity contribution in [2.45, 2.75) is 97.8 Å². The molecule has 1 unspecified atom stereocenters. The van der Waals surface area contributed by atoms with Crippen molar-refractivity contribution >= 4 is 62.0 Å². The molecule has 0 saturated carbocycles.